The van der Waals surface area contributed by atoms with Crippen LogP contribution in [0.5, 0.6) is 0 Å². The van der Waals surface area contributed by atoms with Crippen LogP contribution < -0.4 is 5.09 Å². The second-order valence-electron chi connectivity index (χ2n) is 2.85. The van der Waals surface area contributed by atoms with E-state index in [1.165, 1.54) is 17.6 Å². The van der Waals surface area contributed by atoms with Gasteiger partial charge in [0.05, 0.1) is 12.2 Å². The monoisotopic (exact) mass is 260 g/mol. The number of carbonyl (C=O) groups is 1. The minimum Gasteiger partial charge on any atom is -0.326 e. The Labute approximate surface area is 96.7 Å². The van der Waals surface area contributed by atoms with Crippen molar-refractivity contribution >= 4 is 34.7 Å². The molecule has 1 saturated heterocycles. The number of aromatic nitrogens is 1. The standard InChI is InChI=1S/C8H9N2O2PS2/c11-8(7-2-1-3-9-6-7)10-13(14)12-4-5-15-13/h1-3,6H,4-5H2,(H,10,11,14). The average molecular weight is 260 g/mol. The highest BCUT2D eigenvalue weighted by molar-refractivity contribution is 8.69. The first-order valence-corrected chi connectivity index (χ1v) is 8.62. The predicted molar refractivity (Wildman–Crippen MR) is 64.4 cm³/mol. The lowest BCUT2D eigenvalue weighted by molar-refractivity contribution is 0.0979. The molecule has 80 valence electrons. The van der Waals surface area contributed by atoms with Crippen LogP contribution in [0.15, 0.2) is 24.5 Å². The summed E-state index contributed by atoms with van der Waals surface area (Å²) in [7, 11) is 0. The Morgan fingerprint density at radius 1 is 1.73 bits per heavy atom. The van der Waals surface area contributed by atoms with Gasteiger partial charge in [-0.3, -0.25) is 14.9 Å². The third-order valence-electron chi connectivity index (χ3n) is 1.77. The Bertz CT molecular complexity index is 402. The fourth-order valence-corrected chi connectivity index (χ4v) is 5.52. The Balaban J connectivity index is 2.07. The van der Waals surface area contributed by atoms with Crippen molar-refractivity contribution < 1.29 is 9.32 Å². The lowest BCUT2D eigenvalue weighted by Gasteiger charge is -2.14. The maximum atomic E-state index is 11.7. The van der Waals surface area contributed by atoms with Crippen LogP contribution in [0.2, 0.25) is 0 Å². The van der Waals surface area contributed by atoms with Crippen LogP contribution >= 0.6 is 17.0 Å². The van der Waals surface area contributed by atoms with E-state index >= 15 is 0 Å². The fourth-order valence-electron chi connectivity index (χ4n) is 1.10. The molecule has 1 unspecified atom stereocenters. The van der Waals surface area contributed by atoms with Crippen molar-refractivity contribution in [2.24, 2.45) is 0 Å². The SMILES string of the molecule is O=C(NP1(=S)OCCS1)c1cccnc1. The first-order chi connectivity index (χ1) is 7.20. The highest BCUT2D eigenvalue weighted by atomic mass is 32.9. The molecule has 2 rings (SSSR count). The first kappa shape index (κ1) is 11.1. The molecule has 1 aromatic rings. The van der Waals surface area contributed by atoms with Gasteiger partial charge in [-0.05, 0) is 23.9 Å². The molecular weight excluding hydrogens is 251 g/mol. The zero-order valence-electron chi connectivity index (χ0n) is 7.75. The smallest absolute Gasteiger partial charge is 0.258 e. The van der Waals surface area contributed by atoms with Crippen LogP contribution in [-0.4, -0.2) is 23.3 Å². The zero-order chi connectivity index (χ0) is 10.7. The van der Waals surface area contributed by atoms with Gasteiger partial charge in [-0.15, -0.1) is 0 Å². The molecule has 2 heterocycles. The molecule has 7 heteroatoms. The van der Waals surface area contributed by atoms with E-state index in [1.807, 2.05) is 0 Å². The summed E-state index contributed by atoms with van der Waals surface area (Å²) in [6, 6.07) is 3.41. The quantitative estimate of drug-likeness (QED) is 0.822. The van der Waals surface area contributed by atoms with E-state index in [4.69, 9.17) is 16.3 Å². The molecule has 1 amide bonds. The maximum Gasteiger partial charge on any atom is 0.258 e. The molecule has 0 radical (unpaired) electrons. The fraction of sp³-hybridized carbons (Fsp3) is 0.250. The molecule has 15 heavy (non-hydrogen) atoms. The largest absolute Gasteiger partial charge is 0.326 e. The van der Waals surface area contributed by atoms with E-state index in [0.29, 0.717) is 12.2 Å². The lowest BCUT2D eigenvalue weighted by Crippen LogP contribution is -2.18. The number of rotatable bonds is 2. The average Bonchev–Trinajstić information content (AvgIpc) is 2.66. The normalized spacial score (nSPS) is 25.1. The van der Waals surface area contributed by atoms with Gasteiger partial charge in [-0.25, -0.2) is 0 Å². The molecule has 0 aromatic carbocycles. The molecule has 1 aliphatic heterocycles. The van der Waals surface area contributed by atoms with Crippen LogP contribution in [0.3, 0.4) is 0 Å². The summed E-state index contributed by atoms with van der Waals surface area (Å²) in [5.74, 6) is 0.644. The van der Waals surface area contributed by atoms with E-state index in [0.717, 1.165) is 5.75 Å². The zero-order valence-corrected chi connectivity index (χ0v) is 10.3. The number of nitrogens with zero attached hydrogens (tertiary/aromatic N) is 1. The Morgan fingerprint density at radius 2 is 2.60 bits per heavy atom. The van der Waals surface area contributed by atoms with Gasteiger partial charge in [0.25, 0.3) is 5.91 Å². The number of amides is 1. The molecule has 1 N–H and O–H groups in total. The van der Waals surface area contributed by atoms with E-state index in [2.05, 4.69) is 10.1 Å². The van der Waals surface area contributed by atoms with Gasteiger partial charge in [0.1, 0.15) is 0 Å². The summed E-state index contributed by atoms with van der Waals surface area (Å²) < 4.78 is 5.37. The van der Waals surface area contributed by atoms with Crippen LogP contribution in [-0.2, 0) is 16.3 Å². The second kappa shape index (κ2) is 4.61. The number of hydrogen-bond donors (Lipinski definition) is 1. The van der Waals surface area contributed by atoms with Crippen LogP contribution in [0.1, 0.15) is 10.4 Å². The molecule has 0 bridgehead atoms. The van der Waals surface area contributed by atoms with Crippen molar-refractivity contribution in [1.29, 1.82) is 0 Å². The predicted octanol–water partition coefficient (Wildman–Crippen LogP) is 1.80. The summed E-state index contributed by atoms with van der Waals surface area (Å²) in [6.07, 6.45) is 3.13. The van der Waals surface area contributed by atoms with Gasteiger partial charge in [-0.1, -0.05) is 11.4 Å². The van der Waals surface area contributed by atoms with Crippen molar-refractivity contribution in [3.63, 3.8) is 0 Å². The third kappa shape index (κ3) is 2.78. The van der Waals surface area contributed by atoms with Crippen molar-refractivity contribution in [1.82, 2.24) is 10.1 Å². The molecule has 1 aromatic heterocycles. The Kier molecular flexibility index (Phi) is 3.41. The van der Waals surface area contributed by atoms with Crippen LogP contribution in [0.25, 0.3) is 0 Å². The van der Waals surface area contributed by atoms with Crippen molar-refractivity contribution in [3.05, 3.63) is 30.1 Å². The maximum absolute atomic E-state index is 11.7. The second-order valence-corrected chi connectivity index (χ2v) is 9.54. The van der Waals surface area contributed by atoms with E-state index in [1.54, 1.807) is 18.3 Å². The van der Waals surface area contributed by atoms with Gasteiger partial charge in [0.2, 0.25) is 5.62 Å². The summed E-state index contributed by atoms with van der Waals surface area (Å²) in [5, 5.41) is 2.76. The number of pyridine rings is 1. The van der Waals surface area contributed by atoms with E-state index in [-0.39, 0.29) is 5.91 Å². The molecule has 1 atom stereocenters. The van der Waals surface area contributed by atoms with Gasteiger partial charge in [0.15, 0.2) is 0 Å². The van der Waals surface area contributed by atoms with Crippen molar-refractivity contribution in [2.45, 2.75) is 0 Å². The molecule has 1 fully saturated rings. The van der Waals surface area contributed by atoms with Gasteiger partial charge in [-0.2, -0.15) is 0 Å². The minimum atomic E-state index is -2.17. The molecule has 0 aliphatic carbocycles. The molecule has 0 spiro atoms. The van der Waals surface area contributed by atoms with Crippen molar-refractivity contribution in [3.8, 4) is 0 Å². The molecule has 1 aliphatic rings. The van der Waals surface area contributed by atoms with E-state index < -0.39 is 5.62 Å². The van der Waals surface area contributed by atoms with Crippen LogP contribution in [0, 0.1) is 0 Å². The number of carbonyl (C=O) groups excluding carboxylic acids is 1. The topological polar surface area (TPSA) is 51.2 Å². The lowest BCUT2D eigenvalue weighted by atomic mass is 10.3. The highest BCUT2D eigenvalue weighted by Crippen LogP contribution is 2.60. The van der Waals surface area contributed by atoms with Crippen LogP contribution in [0.4, 0.5) is 0 Å². The summed E-state index contributed by atoms with van der Waals surface area (Å²) in [5.41, 5.74) is -1.66. The number of nitrogens with one attached hydrogen (secondary N) is 1. The minimum absolute atomic E-state index is 0.208. The summed E-state index contributed by atoms with van der Waals surface area (Å²) >= 11 is 6.76. The van der Waals surface area contributed by atoms with Gasteiger partial charge in [0, 0.05) is 18.1 Å². The highest BCUT2D eigenvalue weighted by Gasteiger charge is 2.26. The Hall–Kier alpha value is -0.420. The number of hydrogen-bond acceptors (Lipinski definition) is 5. The first-order valence-electron chi connectivity index (χ1n) is 4.31. The summed E-state index contributed by atoms with van der Waals surface area (Å²) in [6.45, 7) is 0.620. The van der Waals surface area contributed by atoms with Gasteiger partial charge >= 0.3 is 0 Å². The molecule has 0 saturated carbocycles. The third-order valence-corrected chi connectivity index (χ3v) is 7.15. The summed E-state index contributed by atoms with van der Waals surface area (Å²) in [4.78, 5) is 15.6. The van der Waals surface area contributed by atoms with Gasteiger partial charge < -0.3 is 4.52 Å². The molecular formula is C8H9N2O2PS2. The Morgan fingerprint density at radius 3 is 3.20 bits per heavy atom. The van der Waals surface area contributed by atoms with Crippen molar-refractivity contribution in [2.75, 3.05) is 12.4 Å². The molecule has 4 nitrogen and oxygen atoms in total. The van der Waals surface area contributed by atoms with E-state index in [9.17, 15) is 4.79 Å².